The Labute approximate surface area is 205 Å². The molecule has 3 rings (SSSR count). The molecule has 176 valence electrons. The maximum absolute atomic E-state index is 12.1. The number of rotatable bonds is 11. The number of nitrogens with zero attached hydrogens (tertiary/aromatic N) is 2. The molecule has 33 heavy (non-hydrogen) atoms. The highest BCUT2D eigenvalue weighted by Crippen LogP contribution is 2.31. The summed E-state index contributed by atoms with van der Waals surface area (Å²) < 4.78 is 15.6. The number of thioether (sulfide) groups is 1. The zero-order chi connectivity index (χ0) is 23.8. The lowest BCUT2D eigenvalue weighted by atomic mass is 10.1. The Morgan fingerprint density at radius 1 is 1.12 bits per heavy atom. The van der Waals surface area contributed by atoms with E-state index in [2.05, 4.69) is 41.6 Å². The molecule has 0 unspecified atom stereocenters. The van der Waals surface area contributed by atoms with Gasteiger partial charge in [-0.3, -0.25) is 0 Å². The molecule has 0 amide bonds. The lowest BCUT2D eigenvalue weighted by Crippen LogP contribution is -2.39. The van der Waals surface area contributed by atoms with Crippen molar-refractivity contribution in [1.29, 1.82) is 0 Å². The first-order valence-corrected chi connectivity index (χ1v) is 13.1. The molecule has 5 nitrogen and oxygen atoms in total. The summed E-state index contributed by atoms with van der Waals surface area (Å²) in [7, 11) is 0. The first kappa shape index (κ1) is 25.2. The molecule has 0 fully saturated rings. The van der Waals surface area contributed by atoms with Crippen molar-refractivity contribution in [3.8, 4) is 17.1 Å². The molecule has 0 radical (unpaired) electrons. The van der Waals surface area contributed by atoms with E-state index in [4.69, 9.17) is 14.5 Å². The van der Waals surface area contributed by atoms with Crippen LogP contribution in [0.15, 0.2) is 47.4 Å². The number of hydrogen-bond donors (Lipinski definition) is 0. The van der Waals surface area contributed by atoms with E-state index in [1.165, 1.54) is 29.9 Å². The fourth-order valence-corrected chi connectivity index (χ4v) is 4.86. The normalized spacial score (nSPS) is 11.4. The Morgan fingerprint density at radius 2 is 1.88 bits per heavy atom. The van der Waals surface area contributed by atoms with Crippen LogP contribution >= 0.6 is 23.3 Å². The van der Waals surface area contributed by atoms with Crippen LogP contribution in [0, 0.1) is 6.92 Å². The van der Waals surface area contributed by atoms with Crippen molar-refractivity contribution in [2.24, 2.45) is 0 Å². The van der Waals surface area contributed by atoms with Crippen molar-refractivity contribution >= 4 is 29.3 Å². The zero-order valence-corrected chi connectivity index (χ0v) is 21.6. The van der Waals surface area contributed by atoms with Crippen LogP contribution in [-0.2, 0) is 21.7 Å². The van der Waals surface area contributed by atoms with E-state index < -0.39 is 5.60 Å². The van der Waals surface area contributed by atoms with Gasteiger partial charge < -0.3 is 9.47 Å². The summed E-state index contributed by atoms with van der Waals surface area (Å²) in [6.07, 6.45) is 3.54. The van der Waals surface area contributed by atoms with Crippen LogP contribution in [0.3, 0.4) is 0 Å². The van der Waals surface area contributed by atoms with Gasteiger partial charge in [0, 0.05) is 10.5 Å². The van der Waals surface area contributed by atoms with Crippen LogP contribution in [0.5, 0.6) is 5.75 Å². The van der Waals surface area contributed by atoms with Gasteiger partial charge in [-0.05, 0) is 81.4 Å². The van der Waals surface area contributed by atoms with Gasteiger partial charge in [-0.1, -0.05) is 37.6 Å². The Balaban J connectivity index is 1.59. The van der Waals surface area contributed by atoms with E-state index in [0.717, 1.165) is 39.0 Å². The number of carbonyl (C=O) groups is 1. The fraction of sp³-hybridized carbons (Fsp3) is 0.423. The third-order valence-electron chi connectivity index (χ3n) is 5.14. The quantitative estimate of drug-likeness (QED) is 0.219. The maximum Gasteiger partial charge on any atom is 0.349 e. The third-order valence-corrected chi connectivity index (χ3v) is 7.04. The standard InChI is InChI=1S/C26H32N2O3S2/c1-6-8-9-19-10-12-20(13-11-19)24-27-23(33-28-24)17-32-21-14-15-22(18(3)16-21)31-26(4,5)25(29)30-7-2/h10-16H,6-9,17H2,1-5H3. The number of ether oxygens (including phenoxy) is 2. The molecule has 0 atom stereocenters. The zero-order valence-electron chi connectivity index (χ0n) is 20.0. The second kappa shape index (κ2) is 11.7. The van der Waals surface area contributed by atoms with Crippen LogP contribution < -0.4 is 4.74 Å². The molecular formula is C26H32N2O3S2. The summed E-state index contributed by atoms with van der Waals surface area (Å²) in [4.78, 5) is 17.9. The average Bonchev–Trinajstić information content (AvgIpc) is 3.27. The van der Waals surface area contributed by atoms with Crippen LogP contribution in [0.25, 0.3) is 11.4 Å². The molecule has 0 aliphatic rings. The second-order valence-corrected chi connectivity index (χ2v) is 10.2. The second-order valence-electron chi connectivity index (χ2n) is 8.36. The van der Waals surface area contributed by atoms with Gasteiger partial charge in [0.05, 0.1) is 12.4 Å². The molecule has 3 aromatic rings. The number of unbranched alkanes of at least 4 members (excludes halogenated alkanes) is 1. The van der Waals surface area contributed by atoms with Crippen LogP contribution in [-0.4, -0.2) is 27.5 Å². The van der Waals surface area contributed by atoms with Gasteiger partial charge in [-0.25, -0.2) is 9.78 Å². The first-order valence-electron chi connectivity index (χ1n) is 11.3. The highest BCUT2D eigenvalue weighted by molar-refractivity contribution is 7.98. The lowest BCUT2D eigenvalue weighted by Gasteiger charge is -2.25. The summed E-state index contributed by atoms with van der Waals surface area (Å²) in [5.41, 5.74) is 2.36. The van der Waals surface area contributed by atoms with E-state index >= 15 is 0 Å². The monoisotopic (exact) mass is 484 g/mol. The largest absolute Gasteiger partial charge is 0.476 e. The number of esters is 1. The summed E-state index contributed by atoms with van der Waals surface area (Å²) >= 11 is 3.16. The minimum absolute atomic E-state index is 0.331. The van der Waals surface area contributed by atoms with E-state index in [1.807, 2.05) is 19.1 Å². The van der Waals surface area contributed by atoms with E-state index in [0.29, 0.717) is 12.4 Å². The number of aryl methyl sites for hydroxylation is 2. The highest BCUT2D eigenvalue weighted by atomic mass is 32.2. The van der Waals surface area contributed by atoms with Crippen LogP contribution in [0.4, 0.5) is 0 Å². The average molecular weight is 485 g/mol. The van der Waals surface area contributed by atoms with Gasteiger partial charge in [-0.15, -0.1) is 11.8 Å². The predicted molar refractivity (Wildman–Crippen MR) is 136 cm³/mol. The van der Waals surface area contributed by atoms with Crippen molar-refractivity contribution in [3.63, 3.8) is 0 Å². The lowest BCUT2D eigenvalue weighted by molar-refractivity contribution is -0.158. The molecule has 2 aromatic carbocycles. The predicted octanol–water partition coefficient (Wildman–Crippen LogP) is 6.87. The van der Waals surface area contributed by atoms with Crippen molar-refractivity contribution in [2.75, 3.05) is 6.61 Å². The summed E-state index contributed by atoms with van der Waals surface area (Å²) in [6, 6.07) is 14.6. The molecule has 7 heteroatoms. The van der Waals surface area contributed by atoms with Crippen LogP contribution in [0.1, 0.15) is 56.7 Å². The van der Waals surface area contributed by atoms with Crippen molar-refractivity contribution < 1.29 is 14.3 Å². The molecule has 0 spiro atoms. The molecule has 0 N–H and O–H groups in total. The van der Waals surface area contributed by atoms with E-state index in [1.54, 1.807) is 32.5 Å². The number of benzene rings is 2. The van der Waals surface area contributed by atoms with Gasteiger partial charge in [0.1, 0.15) is 10.8 Å². The minimum atomic E-state index is -1.04. The Kier molecular flexibility index (Phi) is 8.92. The van der Waals surface area contributed by atoms with Crippen LogP contribution in [0.2, 0.25) is 0 Å². The summed E-state index contributed by atoms with van der Waals surface area (Å²) in [5, 5.41) is 0.992. The first-order chi connectivity index (χ1) is 15.8. The van der Waals surface area contributed by atoms with Gasteiger partial charge >= 0.3 is 5.97 Å². The number of aromatic nitrogens is 2. The molecular weight excluding hydrogens is 452 g/mol. The van der Waals surface area contributed by atoms with Crippen molar-refractivity contribution in [1.82, 2.24) is 9.36 Å². The third kappa shape index (κ3) is 7.05. The maximum atomic E-state index is 12.1. The summed E-state index contributed by atoms with van der Waals surface area (Å²) in [5.74, 6) is 1.85. The van der Waals surface area contributed by atoms with Gasteiger partial charge in [0.2, 0.25) is 0 Å². The van der Waals surface area contributed by atoms with Crippen molar-refractivity contribution in [2.45, 2.75) is 70.1 Å². The highest BCUT2D eigenvalue weighted by Gasteiger charge is 2.32. The SMILES string of the molecule is CCCCc1ccc(-c2nsc(CSc3ccc(OC(C)(C)C(=O)OCC)c(C)c3)n2)cc1. The number of carbonyl (C=O) groups excluding carboxylic acids is 1. The molecule has 0 bridgehead atoms. The molecule has 0 saturated heterocycles. The molecule has 0 saturated carbocycles. The fourth-order valence-electron chi connectivity index (χ4n) is 3.22. The van der Waals surface area contributed by atoms with Crippen molar-refractivity contribution in [3.05, 3.63) is 58.6 Å². The molecule has 1 aromatic heterocycles. The minimum Gasteiger partial charge on any atom is -0.476 e. The van der Waals surface area contributed by atoms with E-state index in [9.17, 15) is 4.79 Å². The smallest absolute Gasteiger partial charge is 0.349 e. The molecule has 0 aliphatic carbocycles. The van der Waals surface area contributed by atoms with Gasteiger partial charge in [-0.2, -0.15) is 4.37 Å². The molecule has 0 aliphatic heterocycles. The summed E-state index contributed by atoms with van der Waals surface area (Å²) in [6.45, 7) is 9.75. The number of hydrogen-bond acceptors (Lipinski definition) is 7. The topological polar surface area (TPSA) is 61.3 Å². The molecule has 1 heterocycles. The van der Waals surface area contributed by atoms with Gasteiger partial charge in [0.25, 0.3) is 0 Å². The van der Waals surface area contributed by atoms with Gasteiger partial charge in [0.15, 0.2) is 11.4 Å². The van der Waals surface area contributed by atoms with E-state index in [-0.39, 0.29) is 5.97 Å². The Hall–Kier alpha value is -2.38. The Morgan fingerprint density at radius 3 is 2.55 bits per heavy atom. The Bertz CT molecular complexity index is 1060.